The number of hydrogen-bond donors (Lipinski definition) is 1. The fourth-order valence-electron chi connectivity index (χ4n) is 6.35. The lowest BCUT2D eigenvalue weighted by Gasteiger charge is -2.41. The zero-order valence-electron chi connectivity index (χ0n) is 21.5. The number of aromatic nitrogens is 2. The average Bonchev–Trinajstić information content (AvgIpc) is 3.45. The molecule has 2 fully saturated rings. The van der Waals surface area contributed by atoms with Crippen LogP contribution in [0, 0.1) is 5.41 Å². The minimum Gasteiger partial charge on any atom is -0.376 e. The van der Waals surface area contributed by atoms with Gasteiger partial charge in [0.1, 0.15) is 11.5 Å². The Balaban J connectivity index is 1.21. The van der Waals surface area contributed by atoms with Crippen molar-refractivity contribution in [3.05, 3.63) is 46.9 Å². The fraction of sp³-hybridized carbons (Fsp3) is 0.571. The molecule has 0 amide bonds. The lowest BCUT2D eigenvalue weighted by Crippen LogP contribution is -2.50. The molecule has 0 bridgehead atoms. The highest BCUT2D eigenvalue weighted by Crippen LogP contribution is 2.42. The van der Waals surface area contributed by atoms with Gasteiger partial charge in [-0.1, -0.05) is 13.8 Å². The lowest BCUT2D eigenvalue weighted by atomic mass is 9.73. The Morgan fingerprint density at radius 3 is 2.75 bits per heavy atom. The van der Waals surface area contributed by atoms with Gasteiger partial charge in [-0.25, -0.2) is 9.97 Å². The molecule has 0 unspecified atom stereocenters. The molecule has 0 saturated carbocycles. The Labute approximate surface area is 213 Å². The van der Waals surface area contributed by atoms with E-state index < -0.39 is 0 Å². The second-order valence-electron chi connectivity index (χ2n) is 10.9. The van der Waals surface area contributed by atoms with Gasteiger partial charge in [0.05, 0.1) is 31.1 Å². The van der Waals surface area contributed by atoms with Crippen LogP contribution in [0.4, 0.5) is 11.5 Å². The van der Waals surface area contributed by atoms with Crippen LogP contribution in [0.5, 0.6) is 0 Å². The minimum atomic E-state index is 0.0940. The largest absolute Gasteiger partial charge is 0.376 e. The number of benzene rings is 1. The second kappa shape index (κ2) is 8.92. The molecular weight excluding hydrogens is 452 g/mol. The number of piperidine rings is 1. The SMILES string of the molecule is CCC(=O)c1ccc2c(c1)[C@@H](C)CCN2C1=NCc2nc(N3CCC4(CC3)CO[C@@H](C)[C@H]4N)cnc21. The van der Waals surface area contributed by atoms with E-state index in [9.17, 15) is 4.79 Å². The van der Waals surface area contributed by atoms with Gasteiger partial charge >= 0.3 is 0 Å². The highest BCUT2D eigenvalue weighted by atomic mass is 16.5. The summed E-state index contributed by atoms with van der Waals surface area (Å²) in [5, 5.41) is 0. The van der Waals surface area contributed by atoms with Gasteiger partial charge in [0.2, 0.25) is 0 Å². The standard InChI is InChI=1S/C28H36N6O2/c1-4-23(35)19-5-6-22-20(13-19)17(2)7-10-34(22)27-25-21(14-31-27)32-24(15-30-25)33-11-8-28(9-12-33)16-36-18(3)26(28)29/h5-6,13,15,17-18,26H,4,7-12,14,16,29H2,1-3H3/t17-,18-,26+/m0/s1. The molecule has 0 aliphatic carbocycles. The number of anilines is 2. The molecule has 190 valence electrons. The molecule has 3 atom stereocenters. The average molecular weight is 489 g/mol. The Bertz CT molecular complexity index is 1220. The quantitative estimate of drug-likeness (QED) is 0.659. The summed E-state index contributed by atoms with van der Waals surface area (Å²) in [6.07, 6.45) is 5.60. The van der Waals surface area contributed by atoms with Crippen LogP contribution in [0.15, 0.2) is 29.4 Å². The zero-order chi connectivity index (χ0) is 25.0. The number of aliphatic imine (C=N–C) groups is 1. The Morgan fingerprint density at radius 1 is 1.22 bits per heavy atom. The van der Waals surface area contributed by atoms with Crippen LogP contribution in [-0.2, 0) is 11.3 Å². The number of ether oxygens (including phenoxy) is 1. The van der Waals surface area contributed by atoms with Crippen molar-refractivity contribution in [3.8, 4) is 0 Å². The first-order chi connectivity index (χ1) is 17.4. The topological polar surface area (TPSA) is 96.9 Å². The van der Waals surface area contributed by atoms with Crippen LogP contribution in [0.1, 0.15) is 79.7 Å². The van der Waals surface area contributed by atoms with Gasteiger partial charge in [-0.15, -0.1) is 0 Å². The number of nitrogens with two attached hydrogens (primary N) is 1. The molecule has 1 aromatic carbocycles. The van der Waals surface area contributed by atoms with E-state index in [2.05, 4.69) is 35.8 Å². The van der Waals surface area contributed by atoms with Gasteiger partial charge in [0, 0.05) is 48.8 Å². The van der Waals surface area contributed by atoms with Crippen LogP contribution >= 0.6 is 0 Å². The van der Waals surface area contributed by atoms with Gasteiger partial charge in [0.25, 0.3) is 0 Å². The van der Waals surface area contributed by atoms with Crippen molar-refractivity contribution in [2.24, 2.45) is 16.1 Å². The van der Waals surface area contributed by atoms with Crippen molar-refractivity contribution in [2.45, 2.75) is 71.1 Å². The van der Waals surface area contributed by atoms with Gasteiger partial charge in [0.15, 0.2) is 11.6 Å². The summed E-state index contributed by atoms with van der Waals surface area (Å²) in [7, 11) is 0. The van der Waals surface area contributed by atoms with Crippen molar-refractivity contribution in [2.75, 3.05) is 36.0 Å². The van der Waals surface area contributed by atoms with E-state index in [1.807, 2.05) is 19.2 Å². The third-order valence-electron chi connectivity index (χ3n) is 8.89. The summed E-state index contributed by atoms with van der Waals surface area (Å²) in [4.78, 5) is 31.7. The zero-order valence-corrected chi connectivity index (χ0v) is 21.5. The molecule has 0 radical (unpaired) electrons. The molecule has 2 saturated heterocycles. The van der Waals surface area contributed by atoms with E-state index in [-0.39, 0.29) is 23.3 Å². The number of rotatable bonds is 3. The van der Waals surface area contributed by atoms with Gasteiger partial charge < -0.3 is 20.3 Å². The smallest absolute Gasteiger partial charge is 0.162 e. The molecule has 8 nitrogen and oxygen atoms in total. The third-order valence-corrected chi connectivity index (χ3v) is 8.89. The summed E-state index contributed by atoms with van der Waals surface area (Å²) in [6.45, 7) is 10.3. The molecule has 2 aromatic rings. The van der Waals surface area contributed by atoms with Gasteiger partial charge in [-0.3, -0.25) is 9.79 Å². The number of ketones is 1. The van der Waals surface area contributed by atoms with E-state index in [0.717, 1.165) is 79.8 Å². The van der Waals surface area contributed by atoms with Crippen LogP contribution in [0.2, 0.25) is 0 Å². The normalized spacial score (nSPS) is 26.7. The first-order valence-electron chi connectivity index (χ1n) is 13.4. The molecular formula is C28H36N6O2. The molecule has 4 aliphatic rings. The fourth-order valence-corrected chi connectivity index (χ4v) is 6.35. The summed E-state index contributed by atoms with van der Waals surface area (Å²) >= 11 is 0. The first kappa shape index (κ1) is 23.6. The predicted molar refractivity (Wildman–Crippen MR) is 141 cm³/mol. The first-order valence-corrected chi connectivity index (χ1v) is 13.4. The second-order valence-corrected chi connectivity index (χ2v) is 10.9. The summed E-state index contributed by atoms with van der Waals surface area (Å²) in [6, 6.07) is 6.21. The third kappa shape index (κ3) is 3.73. The molecule has 4 aliphatic heterocycles. The Hall–Kier alpha value is -2.84. The Kier molecular flexibility index (Phi) is 5.84. The van der Waals surface area contributed by atoms with Crippen molar-refractivity contribution in [1.82, 2.24) is 9.97 Å². The Morgan fingerprint density at radius 2 is 2.03 bits per heavy atom. The number of amidine groups is 1. The van der Waals surface area contributed by atoms with Crippen LogP contribution in [0.3, 0.4) is 0 Å². The minimum absolute atomic E-state index is 0.0940. The lowest BCUT2D eigenvalue weighted by molar-refractivity contribution is 0.0973. The monoisotopic (exact) mass is 488 g/mol. The maximum absolute atomic E-state index is 12.3. The van der Waals surface area contributed by atoms with E-state index in [0.29, 0.717) is 18.9 Å². The number of nitrogens with zero attached hydrogens (tertiary/aromatic N) is 5. The summed E-state index contributed by atoms with van der Waals surface area (Å²) in [5.41, 5.74) is 11.5. The van der Waals surface area contributed by atoms with Crippen molar-refractivity contribution in [3.63, 3.8) is 0 Å². The number of fused-ring (bicyclic) bond motifs is 2. The van der Waals surface area contributed by atoms with Crippen molar-refractivity contribution in [1.29, 1.82) is 0 Å². The number of Topliss-reactive ketones (excluding diaryl/α,β-unsaturated/α-hetero) is 1. The molecule has 1 aromatic heterocycles. The molecule has 2 N–H and O–H groups in total. The highest BCUT2D eigenvalue weighted by Gasteiger charge is 2.47. The molecule has 36 heavy (non-hydrogen) atoms. The van der Waals surface area contributed by atoms with Crippen molar-refractivity contribution >= 4 is 23.1 Å². The van der Waals surface area contributed by atoms with Crippen LogP contribution in [-0.4, -0.2) is 60.0 Å². The van der Waals surface area contributed by atoms with E-state index in [4.69, 9.17) is 25.4 Å². The van der Waals surface area contributed by atoms with Crippen molar-refractivity contribution < 1.29 is 9.53 Å². The van der Waals surface area contributed by atoms with Crippen LogP contribution < -0.4 is 15.5 Å². The number of carbonyl (C=O) groups excluding carboxylic acids is 1. The molecule has 5 heterocycles. The maximum atomic E-state index is 12.3. The highest BCUT2D eigenvalue weighted by molar-refractivity contribution is 6.11. The van der Waals surface area contributed by atoms with E-state index in [1.54, 1.807) is 0 Å². The number of hydrogen-bond acceptors (Lipinski definition) is 8. The van der Waals surface area contributed by atoms with Gasteiger partial charge in [-0.05, 0) is 55.9 Å². The molecule has 1 spiro atoms. The van der Waals surface area contributed by atoms with E-state index in [1.165, 1.54) is 5.56 Å². The number of carbonyl (C=O) groups is 1. The van der Waals surface area contributed by atoms with E-state index >= 15 is 0 Å². The summed E-state index contributed by atoms with van der Waals surface area (Å²) in [5.74, 6) is 2.41. The molecule has 8 heteroatoms. The summed E-state index contributed by atoms with van der Waals surface area (Å²) < 4.78 is 5.88. The molecule has 6 rings (SSSR count). The van der Waals surface area contributed by atoms with Gasteiger partial charge in [-0.2, -0.15) is 0 Å². The maximum Gasteiger partial charge on any atom is 0.162 e. The van der Waals surface area contributed by atoms with Crippen LogP contribution in [0.25, 0.3) is 0 Å². The predicted octanol–water partition coefficient (Wildman–Crippen LogP) is 3.68.